The number of ether oxygens (including phenoxy) is 2. The molecule has 0 aliphatic carbocycles. The lowest BCUT2D eigenvalue weighted by atomic mass is 10.2. The molecule has 1 amide bonds. The van der Waals surface area contributed by atoms with E-state index in [2.05, 4.69) is 26.0 Å². The molecule has 0 aliphatic rings. The highest BCUT2D eigenvalue weighted by Crippen LogP contribution is 2.07. The van der Waals surface area contributed by atoms with Crippen molar-refractivity contribution in [2.75, 3.05) is 12.4 Å². The number of halogens is 1. The van der Waals surface area contributed by atoms with E-state index in [4.69, 9.17) is 4.74 Å². The quantitative estimate of drug-likeness (QED) is 0.628. The van der Waals surface area contributed by atoms with Crippen LogP contribution in [0.25, 0.3) is 0 Å². The Morgan fingerprint density at radius 3 is 2.27 bits per heavy atom. The molecule has 0 aliphatic heterocycles. The molecule has 0 rings (SSSR count). The van der Waals surface area contributed by atoms with E-state index in [1.165, 1.54) is 7.11 Å². The molecule has 1 N–H and O–H groups in total. The molecule has 0 aromatic heterocycles. The van der Waals surface area contributed by atoms with E-state index in [-0.39, 0.29) is 5.33 Å². The molecular formula is C9H16BrNO4. The standard InChI is InChI=1S/C9H16BrNO4/c1-9(2,3)15-8(13)11-6(5-10)7(12)14-4/h6H,5H2,1-4H3,(H,11,13)/t6-/m1/s1. The number of nitrogens with one attached hydrogen (secondary N) is 1. The molecule has 0 fully saturated rings. The first-order valence-electron chi connectivity index (χ1n) is 4.43. The van der Waals surface area contributed by atoms with Crippen LogP contribution in [0.2, 0.25) is 0 Å². The second-order valence-electron chi connectivity index (χ2n) is 3.88. The van der Waals surface area contributed by atoms with E-state index in [1.807, 2.05) is 0 Å². The Labute approximate surface area is 97.6 Å². The molecule has 0 radical (unpaired) electrons. The van der Waals surface area contributed by atoms with Gasteiger partial charge in [0, 0.05) is 5.33 Å². The fraction of sp³-hybridized carbons (Fsp3) is 0.778. The lowest BCUT2D eigenvalue weighted by molar-refractivity contribution is -0.142. The number of hydrogen-bond acceptors (Lipinski definition) is 4. The van der Waals surface area contributed by atoms with Gasteiger partial charge in [0.1, 0.15) is 11.6 Å². The van der Waals surface area contributed by atoms with Crippen molar-refractivity contribution in [1.82, 2.24) is 5.32 Å². The van der Waals surface area contributed by atoms with Crippen molar-refractivity contribution in [3.05, 3.63) is 0 Å². The third-order valence-electron chi connectivity index (χ3n) is 1.33. The summed E-state index contributed by atoms with van der Waals surface area (Å²) in [6.07, 6.45) is -0.641. The molecular weight excluding hydrogens is 266 g/mol. The van der Waals surface area contributed by atoms with Crippen LogP contribution in [0.15, 0.2) is 0 Å². The zero-order valence-corrected chi connectivity index (χ0v) is 10.9. The summed E-state index contributed by atoms with van der Waals surface area (Å²) in [6.45, 7) is 5.23. The van der Waals surface area contributed by atoms with Crippen LogP contribution in [0.1, 0.15) is 20.8 Å². The topological polar surface area (TPSA) is 64.6 Å². The second-order valence-corrected chi connectivity index (χ2v) is 4.52. The summed E-state index contributed by atoms with van der Waals surface area (Å²) in [4.78, 5) is 22.4. The highest BCUT2D eigenvalue weighted by Gasteiger charge is 2.23. The first kappa shape index (κ1) is 14.2. The lowest BCUT2D eigenvalue weighted by Gasteiger charge is -2.21. The van der Waals surface area contributed by atoms with Crippen LogP contribution in [-0.2, 0) is 14.3 Å². The van der Waals surface area contributed by atoms with E-state index in [9.17, 15) is 9.59 Å². The van der Waals surface area contributed by atoms with Crippen molar-refractivity contribution >= 4 is 28.0 Å². The van der Waals surface area contributed by atoms with Gasteiger partial charge in [-0.3, -0.25) is 0 Å². The molecule has 0 saturated carbocycles. The largest absolute Gasteiger partial charge is 0.467 e. The first-order valence-corrected chi connectivity index (χ1v) is 5.55. The van der Waals surface area contributed by atoms with Crippen LogP contribution in [0.3, 0.4) is 0 Å². The Kier molecular flexibility index (Phi) is 5.64. The van der Waals surface area contributed by atoms with Gasteiger partial charge in [-0.15, -0.1) is 0 Å². The molecule has 1 atom stereocenters. The van der Waals surface area contributed by atoms with Crippen LogP contribution in [0, 0.1) is 0 Å². The van der Waals surface area contributed by atoms with Gasteiger partial charge in [0.25, 0.3) is 0 Å². The molecule has 88 valence electrons. The number of hydrogen-bond donors (Lipinski definition) is 1. The average molecular weight is 282 g/mol. The van der Waals surface area contributed by atoms with Crippen molar-refractivity contribution in [1.29, 1.82) is 0 Å². The molecule has 15 heavy (non-hydrogen) atoms. The maximum atomic E-state index is 11.3. The summed E-state index contributed by atoms with van der Waals surface area (Å²) in [7, 11) is 1.26. The normalized spacial score (nSPS) is 12.9. The molecule has 0 bridgehead atoms. The van der Waals surface area contributed by atoms with Gasteiger partial charge in [-0.25, -0.2) is 9.59 Å². The van der Waals surface area contributed by atoms with Gasteiger partial charge < -0.3 is 14.8 Å². The third kappa shape index (κ3) is 6.33. The number of methoxy groups -OCH3 is 1. The van der Waals surface area contributed by atoms with Crippen molar-refractivity contribution in [3.63, 3.8) is 0 Å². The van der Waals surface area contributed by atoms with Crippen molar-refractivity contribution in [3.8, 4) is 0 Å². The van der Waals surface area contributed by atoms with Gasteiger partial charge in [0.2, 0.25) is 0 Å². The van der Waals surface area contributed by atoms with Crippen molar-refractivity contribution < 1.29 is 19.1 Å². The molecule has 5 nitrogen and oxygen atoms in total. The van der Waals surface area contributed by atoms with Crippen molar-refractivity contribution in [2.24, 2.45) is 0 Å². The Morgan fingerprint density at radius 1 is 1.40 bits per heavy atom. The second kappa shape index (κ2) is 5.95. The summed E-state index contributed by atoms with van der Waals surface area (Å²) >= 11 is 3.09. The van der Waals surface area contributed by atoms with Gasteiger partial charge in [0.05, 0.1) is 7.11 Å². The predicted molar refractivity (Wildman–Crippen MR) is 59.0 cm³/mol. The van der Waals surface area contributed by atoms with E-state index in [1.54, 1.807) is 20.8 Å². The monoisotopic (exact) mass is 281 g/mol. The molecule has 0 saturated heterocycles. The Balaban J connectivity index is 4.20. The fourth-order valence-corrected chi connectivity index (χ4v) is 1.18. The van der Waals surface area contributed by atoms with Gasteiger partial charge in [0.15, 0.2) is 0 Å². The highest BCUT2D eigenvalue weighted by molar-refractivity contribution is 9.09. The van der Waals surface area contributed by atoms with E-state index < -0.39 is 23.7 Å². The van der Waals surface area contributed by atoms with Gasteiger partial charge in [-0.1, -0.05) is 15.9 Å². The Bertz CT molecular complexity index is 237. The summed E-state index contributed by atoms with van der Waals surface area (Å²) in [5.74, 6) is -0.516. The Hall–Kier alpha value is -0.780. The lowest BCUT2D eigenvalue weighted by Crippen LogP contribution is -2.45. The number of amides is 1. The van der Waals surface area contributed by atoms with Crippen LogP contribution in [0.5, 0.6) is 0 Å². The molecule has 0 spiro atoms. The minimum atomic E-state index is -0.732. The zero-order chi connectivity index (χ0) is 12.1. The van der Waals surface area contributed by atoms with Gasteiger partial charge in [-0.05, 0) is 20.8 Å². The van der Waals surface area contributed by atoms with E-state index >= 15 is 0 Å². The smallest absolute Gasteiger partial charge is 0.408 e. The van der Waals surface area contributed by atoms with Crippen LogP contribution >= 0.6 is 15.9 Å². The maximum absolute atomic E-state index is 11.3. The summed E-state index contributed by atoms with van der Waals surface area (Å²) in [5.41, 5.74) is -0.586. The molecule has 6 heteroatoms. The molecule has 0 aromatic rings. The Morgan fingerprint density at radius 2 is 1.93 bits per heavy atom. The van der Waals surface area contributed by atoms with Gasteiger partial charge >= 0.3 is 12.1 Å². The van der Waals surface area contributed by atoms with Crippen LogP contribution < -0.4 is 5.32 Å². The number of carbonyl (C=O) groups excluding carboxylic acids is 2. The predicted octanol–water partition coefficient (Wildman–Crippen LogP) is 1.45. The van der Waals surface area contributed by atoms with Gasteiger partial charge in [-0.2, -0.15) is 0 Å². The minimum absolute atomic E-state index is 0.277. The molecule has 0 heterocycles. The number of esters is 1. The van der Waals surface area contributed by atoms with Crippen molar-refractivity contribution in [2.45, 2.75) is 32.4 Å². The van der Waals surface area contributed by atoms with Crippen LogP contribution in [-0.4, -0.2) is 36.1 Å². The number of rotatable bonds is 3. The average Bonchev–Trinajstić information content (AvgIpc) is 2.10. The summed E-state index contributed by atoms with van der Waals surface area (Å²) in [5, 5.41) is 2.67. The molecule has 0 aromatic carbocycles. The highest BCUT2D eigenvalue weighted by atomic mass is 79.9. The third-order valence-corrected chi connectivity index (χ3v) is 1.98. The SMILES string of the molecule is COC(=O)[C@@H](CBr)NC(=O)OC(C)(C)C. The fourth-order valence-electron chi connectivity index (χ4n) is 0.753. The number of alkyl halides is 1. The van der Waals surface area contributed by atoms with Crippen LogP contribution in [0.4, 0.5) is 4.79 Å². The van der Waals surface area contributed by atoms with E-state index in [0.29, 0.717) is 0 Å². The molecule has 0 unspecified atom stereocenters. The summed E-state index contributed by atoms with van der Waals surface area (Å²) < 4.78 is 9.48. The maximum Gasteiger partial charge on any atom is 0.408 e. The minimum Gasteiger partial charge on any atom is -0.467 e. The van der Waals surface area contributed by atoms with E-state index in [0.717, 1.165) is 0 Å². The zero-order valence-electron chi connectivity index (χ0n) is 9.30. The number of carbonyl (C=O) groups is 2. The summed E-state index contributed by atoms with van der Waals surface area (Å²) in [6, 6.07) is -0.732. The first-order chi connectivity index (χ1) is 6.80. The number of alkyl carbamates (subject to hydrolysis) is 1.